The van der Waals surface area contributed by atoms with Crippen molar-refractivity contribution in [3.8, 4) is 34.7 Å². The van der Waals surface area contributed by atoms with Crippen molar-refractivity contribution >= 4 is 15.7 Å². The van der Waals surface area contributed by atoms with E-state index in [4.69, 9.17) is 9.26 Å². The minimum absolute atomic E-state index is 0.00635. The van der Waals surface area contributed by atoms with Gasteiger partial charge in [-0.2, -0.15) is 14.6 Å². The van der Waals surface area contributed by atoms with E-state index in [0.717, 1.165) is 16.7 Å². The summed E-state index contributed by atoms with van der Waals surface area (Å²) in [7, 11) is -3.53. The lowest BCUT2D eigenvalue weighted by Gasteiger charge is -2.11. The van der Waals surface area contributed by atoms with Crippen LogP contribution >= 0.6 is 0 Å². The summed E-state index contributed by atoms with van der Waals surface area (Å²) < 4.78 is 40.1. The number of rotatable bonds is 7. The second kappa shape index (κ2) is 9.39. The Morgan fingerprint density at radius 3 is 2.62 bits per heavy atom. The second-order valence-electron chi connectivity index (χ2n) is 8.92. The maximum absolute atomic E-state index is 12.4. The van der Waals surface area contributed by atoms with Crippen LogP contribution in [-0.2, 0) is 16.4 Å². The smallest absolute Gasteiger partial charge is 0.258 e. The summed E-state index contributed by atoms with van der Waals surface area (Å²) in [5.74, 6) is 1.21. The molecule has 1 aliphatic carbocycles. The first-order valence-corrected chi connectivity index (χ1v) is 12.8. The number of nitrogens with zero attached hydrogens (tertiary/aromatic N) is 4. The van der Waals surface area contributed by atoms with E-state index >= 15 is 0 Å². The fourth-order valence-electron chi connectivity index (χ4n) is 3.99. The standard InChI is InChI=1S/C25H26N4O4S/c1-15(2)14-34(30,31)29-22-10-9-19-20(22)6-5-7-21(19)24-27-25(33-28-24)17-8-11-23(32-16(3)4)18(12-17)13-26/h5-8,11-12,15-16H,9-10,14H2,1-4H3/b29-22-. The highest BCUT2D eigenvalue weighted by Crippen LogP contribution is 2.33. The van der Waals surface area contributed by atoms with Crippen molar-refractivity contribution in [2.75, 3.05) is 5.75 Å². The molecule has 0 radical (unpaired) electrons. The van der Waals surface area contributed by atoms with Gasteiger partial charge < -0.3 is 9.26 Å². The average Bonchev–Trinajstić information content (AvgIpc) is 3.40. The highest BCUT2D eigenvalue weighted by Gasteiger charge is 2.25. The molecule has 0 bridgehead atoms. The maximum Gasteiger partial charge on any atom is 0.258 e. The Labute approximate surface area is 199 Å². The molecule has 3 aromatic rings. The number of hydrogen-bond acceptors (Lipinski definition) is 7. The van der Waals surface area contributed by atoms with Gasteiger partial charge in [0, 0.05) is 16.7 Å². The van der Waals surface area contributed by atoms with Crippen LogP contribution in [0.25, 0.3) is 22.8 Å². The number of nitriles is 1. The Morgan fingerprint density at radius 2 is 1.91 bits per heavy atom. The Hall–Kier alpha value is -3.51. The zero-order chi connectivity index (χ0) is 24.5. The third-order valence-electron chi connectivity index (χ3n) is 5.27. The molecule has 0 atom stereocenters. The Morgan fingerprint density at radius 1 is 1.15 bits per heavy atom. The van der Waals surface area contributed by atoms with Gasteiger partial charge in [0.1, 0.15) is 11.8 Å². The zero-order valence-corrected chi connectivity index (χ0v) is 20.4. The summed E-state index contributed by atoms with van der Waals surface area (Å²) >= 11 is 0. The first-order chi connectivity index (χ1) is 16.2. The molecule has 8 nitrogen and oxygen atoms in total. The predicted molar refractivity (Wildman–Crippen MR) is 129 cm³/mol. The summed E-state index contributed by atoms with van der Waals surface area (Å²) in [5.41, 5.74) is 4.10. The first-order valence-electron chi connectivity index (χ1n) is 11.2. The molecule has 0 unspecified atom stereocenters. The highest BCUT2D eigenvalue weighted by atomic mass is 32.2. The minimum atomic E-state index is -3.53. The average molecular weight is 479 g/mol. The van der Waals surface area contributed by atoms with Gasteiger partial charge >= 0.3 is 0 Å². The molecule has 0 fully saturated rings. The van der Waals surface area contributed by atoms with Crippen LogP contribution in [0.2, 0.25) is 0 Å². The largest absolute Gasteiger partial charge is 0.490 e. The molecular formula is C25H26N4O4S. The van der Waals surface area contributed by atoms with Gasteiger partial charge in [-0.05, 0) is 56.4 Å². The Kier molecular flexibility index (Phi) is 6.53. The van der Waals surface area contributed by atoms with Crippen molar-refractivity contribution in [1.82, 2.24) is 10.1 Å². The molecule has 176 valence electrons. The normalized spacial score (nSPS) is 14.6. The van der Waals surface area contributed by atoms with Crippen LogP contribution in [0.5, 0.6) is 5.75 Å². The lowest BCUT2D eigenvalue weighted by Crippen LogP contribution is -2.11. The van der Waals surface area contributed by atoms with E-state index in [-0.39, 0.29) is 23.7 Å². The van der Waals surface area contributed by atoms with E-state index in [9.17, 15) is 13.7 Å². The molecule has 0 aliphatic heterocycles. The lowest BCUT2D eigenvalue weighted by atomic mass is 10.0. The third kappa shape index (κ3) is 5.02. The Bertz CT molecular complexity index is 1400. The first kappa shape index (κ1) is 23.6. The molecule has 0 amide bonds. The van der Waals surface area contributed by atoms with E-state index < -0.39 is 10.0 Å². The van der Waals surface area contributed by atoms with Crippen molar-refractivity contribution in [2.24, 2.45) is 10.3 Å². The van der Waals surface area contributed by atoms with Crippen LogP contribution in [0.3, 0.4) is 0 Å². The van der Waals surface area contributed by atoms with Crippen molar-refractivity contribution < 1.29 is 17.7 Å². The number of fused-ring (bicyclic) bond motifs is 1. The van der Waals surface area contributed by atoms with Crippen LogP contribution < -0.4 is 4.74 Å². The molecule has 4 rings (SSSR count). The van der Waals surface area contributed by atoms with Gasteiger partial charge in [0.2, 0.25) is 5.82 Å². The zero-order valence-electron chi connectivity index (χ0n) is 19.6. The number of aromatic nitrogens is 2. The quantitative estimate of drug-likeness (QED) is 0.479. The molecule has 0 saturated carbocycles. The van der Waals surface area contributed by atoms with Crippen LogP contribution in [0.15, 0.2) is 45.3 Å². The number of sulfonamides is 1. The summed E-state index contributed by atoms with van der Waals surface area (Å²) in [5, 5.41) is 13.6. The van der Waals surface area contributed by atoms with E-state index in [1.807, 2.05) is 45.9 Å². The van der Waals surface area contributed by atoms with E-state index in [0.29, 0.717) is 41.3 Å². The fourth-order valence-corrected chi connectivity index (χ4v) is 5.43. The Balaban J connectivity index is 1.66. The summed E-state index contributed by atoms with van der Waals surface area (Å²) in [4.78, 5) is 4.55. The van der Waals surface area contributed by atoms with Crippen molar-refractivity contribution in [3.63, 3.8) is 0 Å². The van der Waals surface area contributed by atoms with Gasteiger partial charge in [0.05, 0.1) is 23.1 Å². The lowest BCUT2D eigenvalue weighted by molar-refractivity contribution is 0.241. The second-order valence-corrected chi connectivity index (χ2v) is 10.6. The molecule has 0 spiro atoms. The van der Waals surface area contributed by atoms with Crippen molar-refractivity contribution in [3.05, 3.63) is 53.1 Å². The predicted octanol–water partition coefficient (Wildman–Crippen LogP) is 4.78. The van der Waals surface area contributed by atoms with Crippen LogP contribution in [0.1, 0.15) is 50.8 Å². The van der Waals surface area contributed by atoms with Crippen LogP contribution in [0, 0.1) is 17.2 Å². The fraction of sp³-hybridized carbons (Fsp3) is 0.360. The number of ether oxygens (including phenoxy) is 1. The summed E-state index contributed by atoms with van der Waals surface area (Å²) in [6.07, 6.45) is 1.13. The number of benzene rings is 2. The van der Waals surface area contributed by atoms with Crippen LogP contribution in [0.4, 0.5) is 0 Å². The molecular weight excluding hydrogens is 452 g/mol. The monoisotopic (exact) mass is 478 g/mol. The van der Waals surface area contributed by atoms with Crippen molar-refractivity contribution in [1.29, 1.82) is 5.26 Å². The molecule has 2 aromatic carbocycles. The molecule has 34 heavy (non-hydrogen) atoms. The molecule has 0 N–H and O–H groups in total. The van der Waals surface area contributed by atoms with Gasteiger partial charge in [-0.1, -0.05) is 37.2 Å². The molecule has 1 aliphatic rings. The third-order valence-corrected chi connectivity index (χ3v) is 6.85. The highest BCUT2D eigenvalue weighted by molar-refractivity contribution is 7.90. The van der Waals surface area contributed by atoms with Crippen LogP contribution in [-0.4, -0.2) is 36.1 Å². The van der Waals surface area contributed by atoms with Gasteiger partial charge in [-0.3, -0.25) is 0 Å². The van der Waals surface area contributed by atoms with E-state index in [1.165, 1.54) is 0 Å². The van der Waals surface area contributed by atoms with Gasteiger partial charge in [-0.15, -0.1) is 0 Å². The summed E-state index contributed by atoms with van der Waals surface area (Å²) in [6, 6.07) is 12.9. The molecule has 1 aromatic heterocycles. The molecule has 1 heterocycles. The van der Waals surface area contributed by atoms with Gasteiger partial charge in [0.15, 0.2) is 0 Å². The van der Waals surface area contributed by atoms with Gasteiger partial charge in [0.25, 0.3) is 15.9 Å². The van der Waals surface area contributed by atoms with Crippen molar-refractivity contribution in [2.45, 2.75) is 46.6 Å². The SMILES string of the molecule is CC(C)CS(=O)(=O)/N=C1/CCc2c1cccc2-c1noc(-c2ccc(OC(C)C)c(C#N)c2)n1. The topological polar surface area (TPSA) is 118 Å². The van der Waals surface area contributed by atoms with E-state index in [1.54, 1.807) is 18.2 Å². The summed E-state index contributed by atoms with van der Waals surface area (Å²) in [6.45, 7) is 7.51. The molecule has 9 heteroatoms. The molecule has 0 saturated heterocycles. The van der Waals surface area contributed by atoms with Gasteiger partial charge in [-0.25, -0.2) is 8.42 Å². The number of hydrogen-bond donors (Lipinski definition) is 0. The maximum atomic E-state index is 12.4. The minimum Gasteiger partial charge on any atom is -0.490 e. The van der Waals surface area contributed by atoms with E-state index in [2.05, 4.69) is 20.6 Å².